The van der Waals surface area contributed by atoms with Crippen LogP contribution in [0, 0.1) is 0 Å². The molecule has 10 aromatic carbocycles. The molecule has 0 unspecified atom stereocenters. The van der Waals surface area contributed by atoms with Crippen LogP contribution in [0.5, 0.6) is 0 Å². The van der Waals surface area contributed by atoms with Gasteiger partial charge in [0.1, 0.15) is 0 Å². The standard InChI is InChI=1S/C61H39N3O/c65-61-51-31-30-48(39-52(51)55-36-43(41-17-6-2-7-18-41)27-34-60(55)64(61)47-22-14-19-42(35-47)40-15-4-1-5-16-40)63-57-26-13-11-24-50(57)54-38-45(29-33-59(54)63)44-28-32-58-53(37-44)49-23-10-12-25-56(49)62(58)46-20-8-3-9-21-46/h1-39H. The fourth-order valence-corrected chi connectivity index (χ4v) is 10.2. The predicted octanol–water partition coefficient (Wildman–Crippen LogP) is 15.3. The van der Waals surface area contributed by atoms with Crippen molar-refractivity contribution in [2.75, 3.05) is 0 Å². The number of fused-ring (bicyclic) bond motifs is 9. The van der Waals surface area contributed by atoms with Crippen LogP contribution < -0.4 is 5.56 Å². The van der Waals surface area contributed by atoms with Crippen LogP contribution >= 0.6 is 0 Å². The summed E-state index contributed by atoms with van der Waals surface area (Å²) in [6.07, 6.45) is 0. The number of hydrogen-bond donors (Lipinski definition) is 0. The van der Waals surface area contributed by atoms with Crippen molar-refractivity contribution in [3.63, 3.8) is 0 Å². The monoisotopic (exact) mass is 829 g/mol. The number of pyridine rings is 1. The number of para-hydroxylation sites is 3. The zero-order valence-corrected chi connectivity index (χ0v) is 35.3. The number of aromatic nitrogens is 3. The zero-order chi connectivity index (χ0) is 43.0. The summed E-state index contributed by atoms with van der Waals surface area (Å²) in [6, 6.07) is 83.6. The Labute approximate surface area is 374 Å². The van der Waals surface area contributed by atoms with E-state index >= 15 is 0 Å². The van der Waals surface area contributed by atoms with E-state index in [1.54, 1.807) is 0 Å². The van der Waals surface area contributed by atoms with Crippen LogP contribution in [-0.2, 0) is 0 Å². The summed E-state index contributed by atoms with van der Waals surface area (Å²) < 4.78 is 6.60. The summed E-state index contributed by atoms with van der Waals surface area (Å²) in [5, 5.41) is 7.42. The normalized spacial score (nSPS) is 11.8. The maximum atomic E-state index is 14.9. The lowest BCUT2D eigenvalue weighted by Gasteiger charge is -2.17. The van der Waals surface area contributed by atoms with Gasteiger partial charge in [-0.1, -0.05) is 146 Å². The van der Waals surface area contributed by atoms with Gasteiger partial charge in [-0.25, -0.2) is 0 Å². The van der Waals surface area contributed by atoms with E-state index < -0.39 is 0 Å². The molecule has 0 aliphatic heterocycles. The van der Waals surface area contributed by atoms with Crippen molar-refractivity contribution in [1.82, 2.24) is 13.7 Å². The van der Waals surface area contributed by atoms with Gasteiger partial charge in [-0.3, -0.25) is 9.36 Å². The Morgan fingerprint density at radius 3 is 1.20 bits per heavy atom. The quantitative estimate of drug-likeness (QED) is 0.154. The molecule has 304 valence electrons. The van der Waals surface area contributed by atoms with E-state index in [-0.39, 0.29) is 5.56 Å². The summed E-state index contributed by atoms with van der Waals surface area (Å²) in [5.41, 5.74) is 15.1. The Balaban J connectivity index is 0.998. The van der Waals surface area contributed by atoms with Crippen LogP contribution in [0.15, 0.2) is 241 Å². The molecule has 4 heteroatoms. The second-order valence-electron chi connectivity index (χ2n) is 16.9. The second-order valence-corrected chi connectivity index (χ2v) is 16.9. The molecule has 13 aromatic rings. The van der Waals surface area contributed by atoms with Crippen molar-refractivity contribution >= 4 is 65.3 Å². The molecule has 0 spiro atoms. The highest BCUT2D eigenvalue weighted by molar-refractivity contribution is 6.14. The minimum Gasteiger partial charge on any atom is -0.309 e. The molecule has 0 fully saturated rings. The molecule has 0 saturated carbocycles. The molecule has 0 aliphatic rings. The summed E-state index contributed by atoms with van der Waals surface area (Å²) >= 11 is 0. The van der Waals surface area contributed by atoms with E-state index in [1.807, 2.05) is 47.0 Å². The van der Waals surface area contributed by atoms with Gasteiger partial charge in [0.2, 0.25) is 0 Å². The van der Waals surface area contributed by atoms with Crippen molar-refractivity contribution in [3.8, 4) is 50.4 Å². The summed E-state index contributed by atoms with van der Waals surface area (Å²) in [7, 11) is 0. The first-order chi connectivity index (χ1) is 32.2. The van der Waals surface area contributed by atoms with Crippen LogP contribution in [0.1, 0.15) is 0 Å². The second kappa shape index (κ2) is 14.7. The number of rotatable bonds is 6. The van der Waals surface area contributed by atoms with E-state index in [4.69, 9.17) is 0 Å². The number of benzene rings is 10. The lowest BCUT2D eigenvalue weighted by molar-refractivity contribution is 1.06. The van der Waals surface area contributed by atoms with E-state index in [1.165, 1.54) is 38.1 Å². The molecule has 3 aromatic heterocycles. The van der Waals surface area contributed by atoms with Gasteiger partial charge in [-0.05, 0) is 130 Å². The summed E-state index contributed by atoms with van der Waals surface area (Å²) in [6.45, 7) is 0. The highest BCUT2D eigenvalue weighted by atomic mass is 16.1. The molecule has 0 bridgehead atoms. The molecular weight excluding hydrogens is 791 g/mol. The van der Waals surface area contributed by atoms with Gasteiger partial charge < -0.3 is 9.13 Å². The average molecular weight is 830 g/mol. The third-order valence-electron chi connectivity index (χ3n) is 13.2. The Bertz CT molecular complexity index is 4070. The van der Waals surface area contributed by atoms with E-state index in [0.717, 1.165) is 72.2 Å². The molecule has 0 aliphatic carbocycles. The molecule has 0 N–H and O–H groups in total. The molecule has 4 nitrogen and oxygen atoms in total. The molecule has 0 amide bonds. The van der Waals surface area contributed by atoms with Crippen molar-refractivity contribution in [2.24, 2.45) is 0 Å². The highest BCUT2D eigenvalue weighted by Crippen LogP contribution is 2.40. The maximum Gasteiger partial charge on any atom is 0.263 e. The molecule has 0 atom stereocenters. The first kappa shape index (κ1) is 36.9. The molecule has 13 rings (SSSR count). The first-order valence-electron chi connectivity index (χ1n) is 22.1. The van der Waals surface area contributed by atoms with E-state index in [0.29, 0.717) is 5.39 Å². The van der Waals surface area contributed by atoms with Gasteiger partial charge in [-0.2, -0.15) is 0 Å². The smallest absolute Gasteiger partial charge is 0.263 e. The van der Waals surface area contributed by atoms with Crippen molar-refractivity contribution in [3.05, 3.63) is 247 Å². The highest BCUT2D eigenvalue weighted by Gasteiger charge is 2.19. The van der Waals surface area contributed by atoms with Crippen molar-refractivity contribution in [1.29, 1.82) is 0 Å². The van der Waals surface area contributed by atoms with Gasteiger partial charge in [-0.15, -0.1) is 0 Å². The third-order valence-corrected chi connectivity index (χ3v) is 13.2. The maximum absolute atomic E-state index is 14.9. The molecule has 3 heterocycles. The van der Waals surface area contributed by atoms with Crippen LogP contribution in [0.3, 0.4) is 0 Å². The van der Waals surface area contributed by atoms with E-state index in [9.17, 15) is 4.79 Å². The molecule has 65 heavy (non-hydrogen) atoms. The number of nitrogens with zero attached hydrogens (tertiary/aromatic N) is 3. The average Bonchev–Trinajstić information content (AvgIpc) is 3.89. The Morgan fingerprint density at radius 2 is 0.615 bits per heavy atom. The molecule has 0 radical (unpaired) electrons. The topological polar surface area (TPSA) is 31.9 Å². The minimum absolute atomic E-state index is 0.0487. The summed E-state index contributed by atoms with van der Waals surface area (Å²) in [4.78, 5) is 14.9. The zero-order valence-electron chi connectivity index (χ0n) is 35.3. The lowest BCUT2D eigenvalue weighted by Crippen LogP contribution is -2.19. The third kappa shape index (κ3) is 5.88. The van der Waals surface area contributed by atoms with Crippen molar-refractivity contribution < 1.29 is 0 Å². The summed E-state index contributed by atoms with van der Waals surface area (Å²) in [5.74, 6) is 0. The van der Waals surface area contributed by atoms with Crippen LogP contribution in [0.2, 0.25) is 0 Å². The molecule has 0 saturated heterocycles. The van der Waals surface area contributed by atoms with Crippen LogP contribution in [0.4, 0.5) is 0 Å². The largest absolute Gasteiger partial charge is 0.309 e. The SMILES string of the molecule is O=c1c2ccc(-n3c4ccccc4c4cc(-c5ccc6c(c5)c5ccccc5n6-c5ccccc5)ccc43)cc2c2cc(-c3ccccc3)ccc2n1-c1cccc(-c2ccccc2)c1. The van der Waals surface area contributed by atoms with Gasteiger partial charge in [0, 0.05) is 49.4 Å². The van der Waals surface area contributed by atoms with Crippen molar-refractivity contribution in [2.45, 2.75) is 0 Å². The van der Waals surface area contributed by atoms with E-state index in [2.05, 4.69) is 203 Å². The van der Waals surface area contributed by atoms with Crippen LogP contribution in [-0.4, -0.2) is 13.7 Å². The Kier molecular flexibility index (Phi) is 8.33. The Morgan fingerprint density at radius 1 is 0.215 bits per heavy atom. The first-order valence-corrected chi connectivity index (χ1v) is 22.1. The number of hydrogen-bond acceptors (Lipinski definition) is 1. The fourth-order valence-electron chi connectivity index (χ4n) is 10.2. The predicted molar refractivity (Wildman–Crippen MR) is 272 cm³/mol. The van der Waals surface area contributed by atoms with Gasteiger partial charge in [0.05, 0.1) is 27.6 Å². The lowest BCUT2D eigenvalue weighted by atomic mass is 9.98. The minimum atomic E-state index is -0.0487. The fraction of sp³-hybridized carbons (Fsp3) is 0. The molecular formula is C61H39N3O. The van der Waals surface area contributed by atoms with Gasteiger partial charge in [0.15, 0.2) is 0 Å². The van der Waals surface area contributed by atoms with Gasteiger partial charge in [0.25, 0.3) is 5.56 Å². The Hall–Kier alpha value is -8.73. The van der Waals surface area contributed by atoms with Crippen LogP contribution in [0.25, 0.3) is 116 Å². The van der Waals surface area contributed by atoms with Gasteiger partial charge >= 0.3 is 0 Å².